The molecule has 2 N–H and O–H groups in total. The Kier molecular flexibility index (Phi) is 4.96. The Morgan fingerprint density at radius 2 is 2.04 bits per heavy atom. The average Bonchev–Trinajstić information content (AvgIpc) is 2.93. The van der Waals surface area contributed by atoms with Crippen molar-refractivity contribution in [2.24, 2.45) is 7.05 Å². The molecule has 0 bridgehead atoms. The summed E-state index contributed by atoms with van der Waals surface area (Å²) in [6, 6.07) is 7.81. The molecule has 2 heterocycles. The lowest BCUT2D eigenvalue weighted by molar-refractivity contribution is -0.404. The molecule has 7 heteroatoms. The van der Waals surface area contributed by atoms with Crippen molar-refractivity contribution in [1.82, 2.24) is 4.57 Å². The lowest BCUT2D eigenvalue weighted by atomic mass is 10.1. The first-order chi connectivity index (χ1) is 11.8. The molecule has 0 radical (unpaired) electrons. The molecule has 0 saturated carbocycles. The summed E-state index contributed by atoms with van der Waals surface area (Å²) in [5, 5.41) is 4.29. The van der Waals surface area contributed by atoms with E-state index in [0.717, 1.165) is 26.5 Å². The molecule has 0 fully saturated rings. The number of rotatable bonds is 4. The topological polar surface area (TPSA) is 65.2 Å². The summed E-state index contributed by atoms with van der Waals surface area (Å²) in [5.41, 5.74) is 2.97. The molecule has 0 unspecified atom stereocenters. The number of fused-ring (bicyclic) bond motifs is 1. The first kappa shape index (κ1) is 17.7. The summed E-state index contributed by atoms with van der Waals surface area (Å²) in [6.45, 7) is 5.97. The summed E-state index contributed by atoms with van der Waals surface area (Å²) >= 11 is 2.87. The number of hydrogen-bond donors (Lipinski definition) is 1. The zero-order valence-electron chi connectivity index (χ0n) is 14.6. The van der Waals surface area contributed by atoms with Gasteiger partial charge in [0.2, 0.25) is 5.91 Å². The number of amides is 1. The molecule has 0 aliphatic heterocycles. The molecule has 25 heavy (non-hydrogen) atoms. The summed E-state index contributed by atoms with van der Waals surface area (Å²) < 4.78 is 1.56. The second-order valence-electron chi connectivity index (χ2n) is 6.05. The lowest BCUT2D eigenvalue weighted by Gasteiger charge is -2.08. The molecule has 5 nitrogen and oxygen atoms in total. The second kappa shape index (κ2) is 7.01. The van der Waals surface area contributed by atoms with Gasteiger partial charge in [0, 0.05) is 10.6 Å². The van der Waals surface area contributed by atoms with Crippen molar-refractivity contribution < 1.29 is 9.78 Å². The van der Waals surface area contributed by atoms with E-state index in [4.69, 9.17) is 0 Å². The van der Waals surface area contributed by atoms with Gasteiger partial charge in [0.05, 0.1) is 12.8 Å². The highest BCUT2D eigenvalue weighted by molar-refractivity contribution is 7.99. The number of aromatic nitrogens is 2. The van der Waals surface area contributed by atoms with Gasteiger partial charge in [0.25, 0.3) is 0 Å². The minimum Gasteiger partial charge on any atom is -0.325 e. The van der Waals surface area contributed by atoms with Crippen LogP contribution in [0, 0.1) is 20.8 Å². The van der Waals surface area contributed by atoms with Gasteiger partial charge in [-0.2, -0.15) is 4.57 Å². The average molecular weight is 375 g/mol. The molecule has 3 aromatic rings. The maximum Gasteiger partial charge on any atom is 0.346 e. The molecule has 0 aliphatic carbocycles. The number of carbonyl (C=O) groups is 1. The van der Waals surface area contributed by atoms with E-state index < -0.39 is 0 Å². The normalized spacial score (nSPS) is 11.0. The second-order valence-corrected chi connectivity index (χ2v) is 8.27. The van der Waals surface area contributed by atoms with Crippen LogP contribution in [0.25, 0.3) is 10.2 Å². The fourth-order valence-electron chi connectivity index (χ4n) is 2.63. The number of nitrogens with zero attached hydrogens (tertiary/aromatic N) is 1. The lowest BCUT2D eigenvalue weighted by Crippen LogP contribution is -2.27. The maximum absolute atomic E-state index is 12.4. The van der Waals surface area contributed by atoms with E-state index in [0.29, 0.717) is 10.5 Å². The van der Waals surface area contributed by atoms with Crippen LogP contribution in [0.3, 0.4) is 0 Å². The van der Waals surface area contributed by atoms with Gasteiger partial charge in [-0.15, -0.1) is 0 Å². The van der Waals surface area contributed by atoms with Gasteiger partial charge in [0.1, 0.15) is 5.39 Å². The highest BCUT2D eigenvalue weighted by Crippen LogP contribution is 2.21. The van der Waals surface area contributed by atoms with E-state index >= 15 is 0 Å². The molecule has 0 spiro atoms. The first-order valence-electron chi connectivity index (χ1n) is 7.87. The molecule has 1 amide bonds. The van der Waals surface area contributed by atoms with Crippen molar-refractivity contribution in [3.8, 4) is 0 Å². The number of thiophene rings is 1. The van der Waals surface area contributed by atoms with Gasteiger partial charge in [-0.05, 0) is 50.2 Å². The number of aryl methyl sites for hydroxylation is 3. The molecular formula is C18H20N3O2S2+. The molecule has 0 saturated heterocycles. The van der Waals surface area contributed by atoms with E-state index in [2.05, 4.69) is 10.3 Å². The third kappa shape index (κ3) is 3.77. The van der Waals surface area contributed by atoms with Crippen molar-refractivity contribution in [1.29, 1.82) is 0 Å². The Balaban J connectivity index is 1.75. The number of nitrogens with one attached hydrogen (secondary N) is 2. The number of carbonyl (C=O) groups excluding carboxylic acids is 1. The summed E-state index contributed by atoms with van der Waals surface area (Å²) in [6.07, 6.45) is 0. The molecule has 0 atom stereocenters. The Labute approximate surface area is 154 Å². The van der Waals surface area contributed by atoms with Crippen molar-refractivity contribution in [3.63, 3.8) is 0 Å². The third-order valence-corrected chi connectivity index (χ3v) is 5.93. The van der Waals surface area contributed by atoms with E-state index in [9.17, 15) is 9.59 Å². The van der Waals surface area contributed by atoms with Crippen molar-refractivity contribution >= 4 is 44.9 Å². The van der Waals surface area contributed by atoms with Crippen LogP contribution in [0.5, 0.6) is 0 Å². The van der Waals surface area contributed by atoms with Crippen LogP contribution in [0.2, 0.25) is 0 Å². The fraction of sp³-hybridized carbons (Fsp3) is 0.278. The van der Waals surface area contributed by atoms with Crippen molar-refractivity contribution in [2.75, 3.05) is 11.1 Å². The van der Waals surface area contributed by atoms with Crippen LogP contribution in [0.4, 0.5) is 5.69 Å². The predicted octanol–water partition coefficient (Wildman–Crippen LogP) is 3.07. The van der Waals surface area contributed by atoms with Gasteiger partial charge in [-0.25, -0.2) is 9.78 Å². The standard InChI is InChI=1S/C18H19N3O2S2/c1-10-5-6-14(11(2)7-10)19-15(22)9-24-18-20-16-13(8-12(3)25-16)17(23)21(18)4/h5-8H,9H2,1-4H3,(H,19,22)/p+1. The Bertz CT molecular complexity index is 1020. The van der Waals surface area contributed by atoms with E-state index in [-0.39, 0.29) is 17.2 Å². The fourth-order valence-corrected chi connectivity index (χ4v) is 4.38. The van der Waals surface area contributed by atoms with Crippen LogP contribution in [-0.2, 0) is 11.8 Å². The minimum absolute atomic E-state index is 0.0459. The molecular weight excluding hydrogens is 354 g/mol. The van der Waals surface area contributed by atoms with E-state index in [1.807, 2.05) is 45.0 Å². The van der Waals surface area contributed by atoms with Crippen LogP contribution in [-0.4, -0.2) is 16.2 Å². The van der Waals surface area contributed by atoms with Crippen LogP contribution in [0.1, 0.15) is 16.0 Å². The van der Waals surface area contributed by atoms with Gasteiger partial charge >= 0.3 is 10.7 Å². The minimum atomic E-state index is -0.0970. The molecule has 3 rings (SSSR count). The zero-order chi connectivity index (χ0) is 18.1. The molecule has 1 aromatic carbocycles. The van der Waals surface area contributed by atoms with Crippen molar-refractivity contribution in [3.05, 3.63) is 50.6 Å². The Morgan fingerprint density at radius 1 is 1.28 bits per heavy atom. The van der Waals surface area contributed by atoms with Crippen LogP contribution >= 0.6 is 23.1 Å². The highest BCUT2D eigenvalue weighted by atomic mass is 32.2. The first-order valence-corrected chi connectivity index (χ1v) is 9.67. The van der Waals surface area contributed by atoms with Gasteiger partial charge in [0.15, 0.2) is 4.83 Å². The quantitative estimate of drug-likeness (QED) is 0.564. The van der Waals surface area contributed by atoms with Crippen molar-refractivity contribution in [2.45, 2.75) is 25.9 Å². The van der Waals surface area contributed by atoms with Gasteiger partial charge < -0.3 is 5.32 Å². The van der Waals surface area contributed by atoms with E-state index in [1.54, 1.807) is 23.0 Å². The summed E-state index contributed by atoms with van der Waals surface area (Å²) in [5.74, 6) is 0.132. The largest absolute Gasteiger partial charge is 0.346 e. The third-order valence-electron chi connectivity index (χ3n) is 3.91. The predicted molar refractivity (Wildman–Crippen MR) is 104 cm³/mol. The number of thioether (sulfide) groups is 1. The number of benzene rings is 1. The highest BCUT2D eigenvalue weighted by Gasteiger charge is 2.18. The Morgan fingerprint density at radius 3 is 2.76 bits per heavy atom. The SMILES string of the molecule is Cc1ccc(NC(=O)CSc2[nH+]c3sc(C)cc3c(=O)n2C)c(C)c1. The number of anilines is 1. The van der Waals surface area contributed by atoms with Crippen LogP contribution in [0.15, 0.2) is 34.2 Å². The summed E-state index contributed by atoms with van der Waals surface area (Å²) in [7, 11) is 1.72. The van der Waals surface area contributed by atoms with Gasteiger partial charge in [-0.3, -0.25) is 4.79 Å². The molecule has 130 valence electrons. The number of H-pyrrole nitrogens is 1. The van der Waals surface area contributed by atoms with Gasteiger partial charge in [-0.1, -0.05) is 29.0 Å². The van der Waals surface area contributed by atoms with Crippen LogP contribution < -0.4 is 15.9 Å². The number of hydrogen-bond acceptors (Lipinski definition) is 4. The summed E-state index contributed by atoms with van der Waals surface area (Å²) in [4.78, 5) is 29.9. The Hall–Kier alpha value is -2.12. The zero-order valence-corrected chi connectivity index (χ0v) is 16.2. The maximum atomic E-state index is 12.4. The molecule has 0 aliphatic rings. The molecule has 2 aromatic heterocycles. The smallest absolute Gasteiger partial charge is 0.325 e. The number of aromatic amines is 1. The van der Waals surface area contributed by atoms with E-state index in [1.165, 1.54) is 11.8 Å². The monoisotopic (exact) mass is 374 g/mol.